The van der Waals surface area contributed by atoms with Gasteiger partial charge in [-0.2, -0.15) is 0 Å². The molecule has 2 amide bonds. The summed E-state index contributed by atoms with van der Waals surface area (Å²) in [7, 11) is 0. The van der Waals surface area contributed by atoms with Gasteiger partial charge in [0.05, 0.1) is 6.61 Å². The van der Waals surface area contributed by atoms with Crippen LogP contribution in [0.1, 0.15) is 32.0 Å². The number of piperidine rings is 1. The molecule has 0 saturated carbocycles. The number of hydrogen-bond donors (Lipinski definition) is 1. The van der Waals surface area contributed by atoms with E-state index in [1.807, 2.05) is 34.7 Å². The molecule has 1 aliphatic heterocycles. The van der Waals surface area contributed by atoms with Gasteiger partial charge in [0.25, 0.3) is 0 Å². The number of aryl methyl sites for hydroxylation is 1. The molecule has 29 heavy (non-hydrogen) atoms. The summed E-state index contributed by atoms with van der Waals surface area (Å²) in [5, 5.41) is 0.582. The number of nitrogens with zero attached hydrogens (tertiary/aromatic N) is 3. The molecule has 1 unspecified atom stereocenters. The number of rotatable bonds is 8. The topological polar surface area (TPSA) is 90.4 Å². The highest BCUT2D eigenvalue weighted by molar-refractivity contribution is 6.30. The molecule has 1 fully saturated rings. The van der Waals surface area contributed by atoms with E-state index < -0.39 is 11.3 Å². The Balaban J connectivity index is 1.71. The first-order valence-electron chi connectivity index (χ1n) is 9.85. The molecule has 1 aromatic carbocycles. The van der Waals surface area contributed by atoms with E-state index in [0.717, 1.165) is 25.1 Å². The Morgan fingerprint density at radius 1 is 1.38 bits per heavy atom. The third kappa shape index (κ3) is 5.50. The van der Waals surface area contributed by atoms with E-state index in [9.17, 15) is 9.59 Å². The summed E-state index contributed by atoms with van der Waals surface area (Å²) >= 11 is 6.03. The van der Waals surface area contributed by atoms with Crippen LogP contribution in [0.2, 0.25) is 5.02 Å². The van der Waals surface area contributed by atoms with E-state index in [1.54, 1.807) is 18.3 Å². The van der Waals surface area contributed by atoms with Gasteiger partial charge < -0.3 is 19.9 Å². The fraction of sp³-hybridized carbons (Fsp3) is 0.476. The first kappa shape index (κ1) is 21.2. The van der Waals surface area contributed by atoms with Crippen molar-refractivity contribution in [2.75, 3.05) is 19.7 Å². The molecule has 0 spiro atoms. The molecule has 2 aromatic rings. The molecular weight excluding hydrogens is 392 g/mol. The maximum absolute atomic E-state index is 12.9. The Morgan fingerprint density at radius 2 is 2.21 bits per heavy atom. The Bertz CT molecular complexity index is 869. The van der Waals surface area contributed by atoms with Crippen molar-refractivity contribution >= 4 is 23.4 Å². The summed E-state index contributed by atoms with van der Waals surface area (Å²) in [5.41, 5.74) is 5.03. The third-order valence-electron chi connectivity index (χ3n) is 5.33. The number of primary amides is 1. The van der Waals surface area contributed by atoms with Gasteiger partial charge in [0, 0.05) is 48.8 Å². The normalized spacial score (nSPS) is 19.2. The summed E-state index contributed by atoms with van der Waals surface area (Å²) in [5.74, 6) is 1.13. The molecule has 1 saturated heterocycles. The SMILES string of the molecule is CCc1nccn1CC(=O)N1CCCC(COc2cccc(Cl)c2)(CC(N)=O)C1. The van der Waals surface area contributed by atoms with E-state index >= 15 is 0 Å². The maximum atomic E-state index is 12.9. The minimum absolute atomic E-state index is 0.00833. The zero-order valence-corrected chi connectivity index (χ0v) is 17.4. The quantitative estimate of drug-likeness (QED) is 0.713. The first-order valence-corrected chi connectivity index (χ1v) is 10.2. The molecule has 7 nitrogen and oxygen atoms in total. The van der Waals surface area contributed by atoms with Crippen LogP contribution >= 0.6 is 11.6 Å². The highest BCUT2D eigenvalue weighted by Crippen LogP contribution is 2.35. The van der Waals surface area contributed by atoms with E-state index in [2.05, 4.69) is 4.98 Å². The van der Waals surface area contributed by atoms with Crippen LogP contribution in [0.3, 0.4) is 0 Å². The fourth-order valence-corrected chi connectivity index (χ4v) is 4.12. The Morgan fingerprint density at radius 3 is 2.93 bits per heavy atom. The molecule has 3 rings (SSSR count). The average Bonchev–Trinajstić information content (AvgIpc) is 3.13. The number of nitrogens with two attached hydrogens (primary N) is 1. The number of amides is 2. The van der Waals surface area contributed by atoms with Gasteiger partial charge >= 0.3 is 0 Å². The number of likely N-dealkylation sites (tertiary alicyclic amines) is 1. The number of halogens is 1. The highest BCUT2D eigenvalue weighted by atomic mass is 35.5. The lowest BCUT2D eigenvalue weighted by atomic mass is 9.77. The molecule has 0 aliphatic carbocycles. The zero-order valence-electron chi connectivity index (χ0n) is 16.6. The van der Waals surface area contributed by atoms with Gasteiger partial charge in [-0.25, -0.2) is 4.98 Å². The fourth-order valence-electron chi connectivity index (χ4n) is 3.94. The van der Waals surface area contributed by atoms with Crippen molar-refractivity contribution in [2.24, 2.45) is 11.1 Å². The molecule has 1 aromatic heterocycles. The minimum Gasteiger partial charge on any atom is -0.493 e. The van der Waals surface area contributed by atoms with Crippen molar-refractivity contribution in [3.8, 4) is 5.75 Å². The van der Waals surface area contributed by atoms with Gasteiger partial charge in [-0.05, 0) is 31.0 Å². The van der Waals surface area contributed by atoms with E-state index in [0.29, 0.717) is 30.5 Å². The Labute approximate surface area is 175 Å². The van der Waals surface area contributed by atoms with E-state index in [1.165, 1.54) is 0 Å². The highest BCUT2D eigenvalue weighted by Gasteiger charge is 2.39. The van der Waals surface area contributed by atoms with Crippen molar-refractivity contribution in [1.29, 1.82) is 0 Å². The molecule has 156 valence electrons. The standard InChI is InChI=1S/C21H27ClN4O3/c1-2-19-24-8-10-25(19)13-20(28)26-9-4-7-21(14-26,12-18(23)27)15-29-17-6-3-5-16(22)11-17/h3,5-6,8,10-11H,2,4,7,9,12-15H2,1H3,(H2,23,27). The number of carbonyl (C=O) groups excluding carboxylic acids is 2. The first-order chi connectivity index (χ1) is 13.9. The van der Waals surface area contributed by atoms with Crippen molar-refractivity contribution in [3.63, 3.8) is 0 Å². The van der Waals surface area contributed by atoms with Gasteiger partial charge in [0.2, 0.25) is 11.8 Å². The smallest absolute Gasteiger partial charge is 0.242 e. The molecule has 8 heteroatoms. The lowest BCUT2D eigenvalue weighted by molar-refractivity contribution is -0.138. The van der Waals surface area contributed by atoms with Crippen molar-refractivity contribution in [3.05, 3.63) is 47.5 Å². The zero-order chi connectivity index (χ0) is 20.9. The van der Waals surface area contributed by atoms with Gasteiger partial charge in [0.1, 0.15) is 18.1 Å². The minimum atomic E-state index is -0.509. The molecular formula is C21H27ClN4O3. The largest absolute Gasteiger partial charge is 0.493 e. The van der Waals surface area contributed by atoms with Crippen molar-refractivity contribution in [2.45, 2.75) is 39.2 Å². The van der Waals surface area contributed by atoms with Crippen LogP contribution in [0.25, 0.3) is 0 Å². The summed E-state index contributed by atoms with van der Waals surface area (Å²) in [4.78, 5) is 30.8. The maximum Gasteiger partial charge on any atom is 0.242 e. The van der Waals surface area contributed by atoms with Gasteiger partial charge in [0.15, 0.2) is 0 Å². The Hall–Kier alpha value is -2.54. The van der Waals surface area contributed by atoms with E-state index in [-0.39, 0.29) is 18.9 Å². The van der Waals surface area contributed by atoms with Crippen LogP contribution in [-0.4, -0.2) is 46.0 Å². The number of hydrogen-bond acceptors (Lipinski definition) is 4. The predicted octanol–water partition coefficient (Wildman–Crippen LogP) is 2.66. The summed E-state index contributed by atoms with van der Waals surface area (Å²) in [6.07, 6.45) is 6.02. The van der Waals surface area contributed by atoms with Gasteiger partial charge in [-0.15, -0.1) is 0 Å². The van der Waals surface area contributed by atoms with Crippen LogP contribution in [0, 0.1) is 5.41 Å². The second-order valence-corrected chi connectivity index (χ2v) is 8.07. The van der Waals surface area contributed by atoms with Crippen molar-refractivity contribution in [1.82, 2.24) is 14.5 Å². The monoisotopic (exact) mass is 418 g/mol. The number of benzene rings is 1. The van der Waals surface area contributed by atoms with Crippen molar-refractivity contribution < 1.29 is 14.3 Å². The lowest BCUT2D eigenvalue weighted by Gasteiger charge is -2.42. The predicted molar refractivity (Wildman–Crippen MR) is 111 cm³/mol. The summed E-state index contributed by atoms with van der Waals surface area (Å²) in [6.45, 7) is 3.64. The lowest BCUT2D eigenvalue weighted by Crippen LogP contribution is -2.51. The molecule has 2 heterocycles. The van der Waals surface area contributed by atoms with Crippen LogP contribution < -0.4 is 10.5 Å². The van der Waals surface area contributed by atoms with Gasteiger partial charge in [-0.1, -0.05) is 24.6 Å². The van der Waals surface area contributed by atoms with Crippen LogP contribution in [-0.2, 0) is 22.6 Å². The molecule has 1 atom stereocenters. The molecule has 2 N–H and O–H groups in total. The molecule has 1 aliphatic rings. The number of carbonyl (C=O) groups is 2. The van der Waals surface area contributed by atoms with E-state index in [4.69, 9.17) is 22.1 Å². The van der Waals surface area contributed by atoms with Crippen LogP contribution in [0.5, 0.6) is 5.75 Å². The van der Waals surface area contributed by atoms with Gasteiger partial charge in [-0.3, -0.25) is 9.59 Å². The average molecular weight is 419 g/mol. The second-order valence-electron chi connectivity index (χ2n) is 7.63. The number of aromatic nitrogens is 2. The second kappa shape index (κ2) is 9.31. The molecule has 0 radical (unpaired) electrons. The summed E-state index contributed by atoms with van der Waals surface area (Å²) in [6, 6.07) is 7.14. The van der Waals surface area contributed by atoms with Crippen LogP contribution in [0.15, 0.2) is 36.7 Å². The van der Waals surface area contributed by atoms with Crippen LogP contribution in [0.4, 0.5) is 0 Å². The Kier molecular flexibility index (Phi) is 6.79. The number of ether oxygens (including phenoxy) is 1. The third-order valence-corrected chi connectivity index (χ3v) is 5.56. The molecule has 0 bridgehead atoms. The summed E-state index contributed by atoms with van der Waals surface area (Å²) < 4.78 is 7.83. The number of imidazole rings is 1.